The van der Waals surface area contributed by atoms with Crippen molar-refractivity contribution in [3.63, 3.8) is 0 Å². The number of aromatic nitrogens is 2. The van der Waals surface area contributed by atoms with Crippen LogP contribution in [0.3, 0.4) is 0 Å². The van der Waals surface area contributed by atoms with E-state index in [-0.39, 0.29) is 18.2 Å². The fraction of sp³-hybridized carbons (Fsp3) is 0.429. The second-order valence-corrected chi connectivity index (χ2v) is 4.83. The second-order valence-electron chi connectivity index (χ2n) is 4.83. The van der Waals surface area contributed by atoms with Crippen LogP contribution in [0.25, 0.3) is 0 Å². The summed E-state index contributed by atoms with van der Waals surface area (Å²) in [5.41, 5.74) is 0. The van der Waals surface area contributed by atoms with Gasteiger partial charge >= 0.3 is 0 Å². The lowest BCUT2D eigenvalue weighted by atomic mass is 10.2. The summed E-state index contributed by atoms with van der Waals surface area (Å²) in [6, 6.07) is 3.02. The number of nitrogens with zero attached hydrogens (tertiary/aromatic N) is 3. The number of ketones is 1. The average Bonchev–Trinajstić information content (AvgIpc) is 3.14. The predicted molar refractivity (Wildman–Crippen MR) is 72.5 cm³/mol. The molecule has 0 bridgehead atoms. The van der Waals surface area contributed by atoms with E-state index in [1.165, 1.54) is 17.2 Å². The van der Waals surface area contributed by atoms with Gasteiger partial charge in [-0.25, -0.2) is 0 Å². The van der Waals surface area contributed by atoms with Crippen LogP contribution in [0.5, 0.6) is 0 Å². The van der Waals surface area contributed by atoms with Gasteiger partial charge in [-0.05, 0) is 19.1 Å². The highest BCUT2D eigenvalue weighted by Gasteiger charge is 2.26. The van der Waals surface area contributed by atoms with E-state index in [0.717, 1.165) is 0 Å². The molecular weight excluding hydrogens is 274 g/mol. The molecule has 0 spiro atoms. The van der Waals surface area contributed by atoms with Crippen LogP contribution in [0.2, 0.25) is 0 Å². The van der Waals surface area contributed by atoms with Gasteiger partial charge in [0.1, 0.15) is 6.54 Å². The van der Waals surface area contributed by atoms with Gasteiger partial charge in [0.15, 0.2) is 11.6 Å². The van der Waals surface area contributed by atoms with Gasteiger partial charge in [-0.1, -0.05) is 19.0 Å². The van der Waals surface area contributed by atoms with E-state index in [1.807, 2.05) is 13.8 Å². The van der Waals surface area contributed by atoms with Crippen molar-refractivity contribution in [1.82, 2.24) is 15.0 Å². The lowest BCUT2D eigenvalue weighted by molar-refractivity contribution is -0.127. The van der Waals surface area contributed by atoms with Gasteiger partial charge in [-0.15, -0.1) is 0 Å². The van der Waals surface area contributed by atoms with Crippen molar-refractivity contribution in [1.29, 1.82) is 0 Å². The zero-order valence-corrected chi connectivity index (χ0v) is 12.2. The summed E-state index contributed by atoms with van der Waals surface area (Å²) in [6.45, 7) is 6.11. The molecule has 2 rings (SSSR count). The zero-order valence-electron chi connectivity index (χ0n) is 12.2. The van der Waals surface area contributed by atoms with E-state index < -0.39 is 11.7 Å². The first-order chi connectivity index (χ1) is 10.0. The minimum absolute atomic E-state index is 0.0202. The van der Waals surface area contributed by atoms with Gasteiger partial charge < -0.3 is 13.8 Å². The number of Topliss-reactive ketones (excluding diaryl/α,β-unsaturated/α-hetero) is 1. The first-order valence-electron chi connectivity index (χ1n) is 6.72. The maximum Gasteiger partial charge on any atom is 0.298 e. The molecule has 21 heavy (non-hydrogen) atoms. The molecule has 0 N–H and O–H groups in total. The summed E-state index contributed by atoms with van der Waals surface area (Å²) in [5.74, 6) is -0.306. The highest BCUT2D eigenvalue weighted by Crippen LogP contribution is 2.12. The van der Waals surface area contributed by atoms with E-state index in [4.69, 9.17) is 8.94 Å². The maximum atomic E-state index is 12.1. The van der Waals surface area contributed by atoms with Gasteiger partial charge in [0.05, 0.1) is 6.26 Å². The van der Waals surface area contributed by atoms with Gasteiger partial charge in [-0.2, -0.15) is 4.98 Å². The molecule has 0 aliphatic heterocycles. The number of rotatable bonds is 6. The molecule has 0 unspecified atom stereocenters. The van der Waals surface area contributed by atoms with Gasteiger partial charge in [0.2, 0.25) is 5.89 Å². The first-order valence-corrected chi connectivity index (χ1v) is 6.72. The SMILES string of the molecule is CCN(Cc1nc(C(C)C)no1)C(=O)C(=O)c1ccco1. The summed E-state index contributed by atoms with van der Waals surface area (Å²) in [6.07, 6.45) is 1.35. The van der Waals surface area contributed by atoms with Crippen molar-refractivity contribution >= 4 is 11.7 Å². The molecule has 0 aliphatic rings. The molecule has 2 heterocycles. The van der Waals surface area contributed by atoms with Gasteiger partial charge in [0.25, 0.3) is 11.7 Å². The Morgan fingerprint density at radius 1 is 1.38 bits per heavy atom. The van der Waals surface area contributed by atoms with E-state index >= 15 is 0 Å². The molecular formula is C14H17N3O4. The van der Waals surface area contributed by atoms with Crippen LogP contribution >= 0.6 is 0 Å². The van der Waals surface area contributed by atoms with Crippen molar-refractivity contribution in [2.24, 2.45) is 0 Å². The lowest BCUT2D eigenvalue weighted by Gasteiger charge is -2.16. The quantitative estimate of drug-likeness (QED) is 0.597. The van der Waals surface area contributed by atoms with Crippen molar-refractivity contribution in [3.05, 3.63) is 35.9 Å². The second kappa shape index (κ2) is 6.34. The van der Waals surface area contributed by atoms with Crippen molar-refractivity contribution in [3.8, 4) is 0 Å². The summed E-state index contributed by atoms with van der Waals surface area (Å²) in [5, 5.41) is 3.83. The number of furan rings is 1. The highest BCUT2D eigenvalue weighted by molar-refractivity contribution is 6.41. The van der Waals surface area contributed by atoms with Crippen molar-refractivity contribution in [2.75, 3.05) is 6.54 Å². The summed E-state index contributed by atoms with van der Waals surface area (Å²) in [4.78, 5) is 29.6. The molecule has 0 aromatic carbocycles. The topological polar surface area (TPSA) is 89.4 Å². The number of carbonyl (C=O) groups excluding carboxylic acids is 2. The van der Waals surface area contributed by atoms with Crippen LogP contribution in [-0.4, -0.2) is 33.3 Å². The Morgan fingerprint density at radius 2 is 2.14 bits per heavy atom. The van der Waals surface area contributed by atoms with Crippen LogP contribution in [-0.2, 0) is 11.3 Å². The van der Waals surface area contributed by atoms with Crippen LogP contribution in [0, 0.1) is 0 Å². The Bertz CT molecular complexity index is 616. The molecule has 2 aromatic rings. The summed E-state index contributed by atoms with van der Waals surface area (Å²) in [7, 11) is 0. The third kappa shape index (κ3) is 3.36. The number of likely N-dealkylation sites (N-methyl/N-ethyl adjacent to an activating group) is 1. The van der Waals surface area contributed by atoms with Gasteiger partial charge in [0, 0.05) is 12.5 Å². The Balaban J connectivity index is 2.08. The Morgan fingerprint density at radius 3 is 2.67 bits per heavy atom. The number of hydrogen-bond acceptors (Lipinski definition) is 6. The smallest absolute Gasteiger partial charge is 0.298 e. The number of hydrogen-bond donors (Lipinski definition) is 0. The van der Waals surface area contributed by atoms with Crippen molar-refractivity contribution < 1.29 is 18.5 Å². The molecule has 0 saturated heterocycles. The molecule has 0 aliphatic carbocycles. The lowest BCUT2D eigenvalue weighted by Crippen LogP contribution is -2.36. The highest BCUT2D eigenvalue weighted by atomic mass is 16.5. The minimum atomic E-state index is -0.689. The zero-order chi connectivity index (χ0) is 15.4. The molecule has 0 radical (unpaired) electrons. The maximum absolute atomic E-state index is 12.1. The molecule has 0 fully saturated rings. The first kappa shape index (κ1) is 15.0. The minimum Gasteiger partial charge on any atom is -0.461 e. The third-order valence-corrected chi connectivity index (χ3v) is 2.93. The molecule has 7 heteroatoms. The normalized spacial score (nSPS) is 10.9. The standard InChI is InChI=1S/C14H17N3O4/c1-4-17(8-11-15-13(9(2)3)16-21-11)14(19)12(18)10-6-5-7-20-10/h5-7,9H,4,8H2,1-3H3. The number of amides is 1. The van der Waals surface area contributed by atoms with Crippen LogP contribution in [0.1, 0.15) is 49.0 Å². The van der Waals surface area contributed by atoms with Crippen LogP contribution in [0.15, 0.2) is 27.3 Å². The Hall–Kier alpha value is -2.44. The molecule has 1 amide bonds. The van der Waals surface area contributed by atoms with Gasteiger partial charge in [-0.3, -0.25) is 9.59 Å². The number of carbonyl (C=O) groups is 2. The molecule has 0 saturated carbocycles. The largest absolute Gasteiger partial charge is 0.461 e. The fourth-order valence-electron chi connectivity index (χ4n) is 1.71. The summed E-state index contributed by atoms with van der Waals surface area (Å²) < 4.78 is 10.0. The van der Waals surface area contributed by atoms with E-state index in [2.05, 4.69) is 10.1 Å². The molecule has 0 atom stereocenters. The van der Waals surface area contributed by atoms with E-state index in [0.29, 0.717) is 18.3 Å². The van der Waals surface area contributed by atoms with E-state index in [1.54, 1.807) is 13.0 Å². The van der Waals surface area contributed by atoms with Crippen LogP contribution < -0.4 is 0 Å². The molecule has 7 nitrogen and oxygen atoms in total. The molecule has 2 aromatic heterocycles. The van der Waals surface area contributed by atoms with Crippen molar-refractivity contribution in [2.45, 2.75) is 33.2 Å². The molecule has 112 valence electrons. The predicted octanol–water partition coefficient (Wildman–Crippen LogP) is 2.02. The monoisotopic (exact) mass is 291 g/mol. The fourth-order valence-corrected chi connectivity index (χ4v) is 1.71. The summed E-state index contributed by atoms with van der Waals surface area (Å²) >= 11 is 0. The van der Waals surface area contributed by atoms with Crippen LogP contribution in [0.4, 0.5) is 0 Å². The Kier molecular flexibility index (Phi) is 4.52. The van der Waals surface area contributed by atoms with E-state index in [9.17, 15) is 9.59 Å². The Labute approximate surface area is 121 Å². The third-order valence-electron chi connectivity index (χ3n) is 2.93. The average molecular weight is 291 g/mol.